The molecule has 2 aliphatic rings. The zero-order valence-electron chi connectivity index (χ0n) is 19.6. The highest BCUT2D eigenvalue weighted by Crippen LogP contribution is 2.32. The fourth-order valence-electron chi connectivity index (χ4n) is 4.42. The van der Waals surface area contributed by atoms with Crippen LogP contribution in [-0.2, 0) is 19.1 Å². The van der Waals surface area contributed by atoms with Gasteiger partial charge < -0.3 is 29.7 Å². The average molecular weight is 486 g/mol. The maximum Gasteiger partial charge on any atom is 0.257 e. The fraction of sp³-hybridized carbons (Fsp3) is 0.400. The van der Waals surface area contributed by atoms with E-state index in [0.29, 0.717) is 35.5 Å². The average Bonchev–Trinajstić information content (AvgIpc) is 2.82. The molecule has 0 saturated carbocycles. The van der Waals surface area contributed by atoms with Gasteiger partial charge in [-0.2, -0.15) is 0 Å². The molecule has 9 nitrogen and oxygen atoms in total. The number of benzene rings is 2. The second-order valence-corrected chi connectivity index (χ2v) is 8.62. The van der Waals surface area contributed by atoms with Crippen LogP contribution in [0.15, 0.2) is 42.5 Å². The van der Waals surface area contributed by atoms with E-state index in [1.54, 1.807) is 36.2 Å². The molecule has 4 rings (SSSR count). The molecule has 2 heterocycles. The molecule has 186 valence electrons. The number of anilines is 2. The second kappa shape index (κ2) is 10.8. The van der Waals surface area contributed by atoms with Crippen LogP contribution >= 0.6 is 0 Å². The van der Waals surface area contributed by atoms with Crippen LogP contribution in [0.3, 0.4) is 0 Å². The Labute approximate surface area is 202 Å². The molecule has 1 saturated heterocycles. The lowest BCUT2D eigenvalue weighted by Gasteiger charge is -2.42. The molecule has 2 aromatic rings. The van der Waals surface area contributed by atoms with E-state index in [9.17, 15) is 18.8 Å². The van der Waals surface area contributed by atoms with Crippen molar-refractivity contribution in [2.75, 3.05) is 38.0 Å². The highest BCUT2D eigenvalue weighted by molar-refractivity contribution is 6.00. The zero-order valence-corrected chi connectivity index (χ0v) is 19.6. The molecule has 0 bridgehead atoms. The minimum atomic E-state index is -0.427. The number of likely N-dealkylation sites (N-methyl/N-ethyl adjacent to an activating group) is 1. The van der Waals surface area contributed by atoms with Crippen LogP contribution in [-0.4, -0.2) is 68.2 Å². The zero-order chi connectivity index (χ0) is 24.9. The first-order valence-corrected chi connectivity index (χ1v) is 11.4. The van der Waals surface area contributed by atoms with Crippen LogP contribution in [0.4, 0.5) is 15.8 Å². The topological polar surface area (TPSA) is 106 Å². The quantitative estimate of drug-likeness (QED) is 0.652. The molecule has 35 heavy (non-hydrogen) atoms. The number of fused-ring (bicyclic) bond motifs is 2. The number of nitrogens with zero attached hydrogens (tertiary/aromatic N) is 1. The van der Waals surface area contributed by atoms with Crippen molar-refractivity contribution in [3.05, 3.63) is 53.8 Å². The SMILES string of the molecule is COCC(=O)Nc1ccc2c(c1)C(=O)N(C)[C@H]1CC[C@H](CC(=O)Nc3cccc(F)c3)O[C@@H]1CO2. The van der Waals surface area contributed by atoms with Gasteiger partial charge in [0.1, 0.15) is 30.9 Å². The van der Waals surface area contributed by atoms with Gasteiger partial charge in [-0.15, -0.1) is 0 Å². The summed E-state index contributed by atoms with van der Waals surface area (Å²) in [6.45, 7) is 0.108. The van der Waals surface area contributed by atoms with Crippen molar-refractivity contribution in [1.82, 2.24) is 4.90 Å². The smallest absolute Gasteiger partial charge is 0.257 e. The van der Waals surface area contributed by atoms with E-state index in [-0.39, 0.29) is 49.5 Å². The number of halogens is 1. The van der Waals surface area contributed by atoms with Crippen LogP contribution in [0.1, 0.15) is 29.6 Å². The van der Waals surface area contributed by atoms with Gasteiger partial charge in [-0.05, 0) is 49.2 Å². The monoisotopic (exact) mass is 485 g/mol. The summed E-state index contributed by atoms with van der Waals surface area (Å²) in [4.78, 5) is 39.2. The number of methoxy groups -OCH3 is 1. The summed E-state index contributed by atoms with van der Waals surface area (Å²) >= 11 is 0. The largest absolute Gasteiger partial charge is 0.490 e. The third-order valence-electron chi connectivity index (χ3n) is 6.09. The van der Waals surface area contributed by atoms with Crippen LogP contribution in [0.2, 0.25) is 0 Å². The maximum absolute atomic E-state index is 13.4. The third-order valence-corrected chi connectivity index (χ3v) is 6.09. The predicted molar refractivity (Wildman–Crippen MR) is 126 cm³/mol. The van der Waals surface area contributed by atoms with E-state index in [4.69, 9.17) is 14.2 Å². The third kappa shape index (κ3) is 5.95. The summed E-state index contributed by atoms with van der Waals surface area (Å²) in [5.41, 5.74) is 1.20. The molecule has 2 N–H and O–H groups in total. The number of rotatable bonds is 6. The van der Waals surface area contributed by atoms with Crippen LogP contribution in [0.5, 0.6) is 5.75 Å². The summed E-state index contributed by atoms with van der Waals surface area (Å²) in [5, 5.41) is 5.38. The molecular weight excluding hydrogens is 457 g/mol. The van der Waals surface area contributed by atoms with Crippen molar-refractivity contribution in [1.29, 1.82) is 0 Å². The van der Waals surface area contributed by atoms with Gasteiger partial charge in [0.05, 0.1) is 24.1 Å². The van der Waals surface area contributed by atoms with Crippen molar-refractivity contribution >= 4 is 29.1 Å². The van der Waals surface area contributed by atoms with Gasteiger partial charge in [0.15, 0.2) is 0 Å². The standard InChI is InChI=1S/C25H28FN3O6/c1-29-20-8-7-18(12-23(30)27-16-5-3-4-15(26)10-16)35-22(20)13-34-21-9-6-17(11-19(21)25(29)32)28-24(31)14-33-2/h3-6,9-11,18,20,22H,7-8,12-14H2,1-2H3,(H,27,30)(H,28,31)/t18-,20+,22-/m1/s1. The number of nitrogens with one attached hydrogen (secondary N) is 2. The molecule has 2 aliphatic heterocycles. The van der Waals surface area contributed by atoms with E-state index >= 15 is 0 Å². The summed E-state index contributed by atoms with van der Waals surface area (Å²) < 4.78 is 30.3. The normalized spacial score (nSPS) is 21.6. The molecule has 0 spiro atoms. The molecular formula is C25H28FN3O6. The number of carbonyl (C=O) groups is 3. The fourth-order valence-corrected chi connectivity index (χ4v) is 4.42. The van der Waals surface area contributed by atoms with Gasteiger partial charge in [0.25, 0.3) is 5.91 Å². The molecule has 0 unspecified atom stereocenters. The van der Waals surface area contributed by atoms with Crippen LogP contribution in [0, 0.1) is 5.82 Å². The number of hydrogen-bond acceptors (Lipinski definition) is 6. The van der Waals surface area contributed by atoms with Crippen molar-refractivity contribution in [3.63, 3.8) is 0 Å². The molecule has 3 atom stereocenters. The number of ether oxygens (including phenoxy) is 3. The lowest BCUT2D eigenvalue weighted by atomic mass is 9.94. The molecule has 2 aromatic carbocycles. The summed E-state index contributed by atoms with van der Waals surface area (Å²) in [6, 6.07) is 10.4. The van der Waals surface area contributed by atoms with E-state index in [2.05, 4.69) is 10.6 Å². The Morgan fingerprint density at radius 1 is 1.11 bits per heavy atom. The summed E-state index contributed by atoms with van der Waals surface area (Å²) in [6.07, 6.45) is 0.551. The van der Waals surface area contributed by atoms with Crippen molar-refractivity contribution in [2.45, 2.75) is 37.5 Å². The molecule has 3 amide bonds. The van der Waals surface area contributed by atoms with Gasteiger partial charge in [-0.25, -0.2) is 4.39 Å². The van der Waals surface area contributed by atoms with Gasteiger partial charge in [-0.1, -0.05) is 6.07 Å². The maximum atomic E-state index is 13.4. The van der Waals surface area contributed by atoms with Crippen LogP contribution in [0.25, 0.3) is 0 Å². The van der Waals surface area contributed by atoms with E-state index in [1.807, 2.05) is 0 Å². The summed E-state index contributed by atoms with van der Waals surface area (Å²) in [5.74, 6) is -0.886. The van der Waals surface area contributed by atoms with Crippen molar-refractivity contribution in [3.8, 4) is 5.75 Å². The number of amides is 3. The number of carbonyl (C=O) groups excluding carboxylic acids is 3. The molecule has 10 heteroatoms. The lowest BCUT2D eigenvalue weighted by Crippen LogP contribution is -2.53. The van der Waals surface area contributed by atoms with Gasteiger partial charge in [0.2, 0.25) is 11.8 Å². The Hall–Kier alpha value is -3.50. The Morgan fingerprint density at radius 3 is 2.66 bits per heavy atom. The Balaban J connectivity index is 1.42. The predicted octanol–water partition coefficient (Wildman–Crippen LogP) is 2.82. The minimum Gasteiger partial charge on any atom is -0.490 e. The van der Waals surface area contributed by atoms with Gasteiger partial charge in [0, 0.05) is 25.5 Å². The summed E-state index contributed by atoms with van der Waals surface area (Å²) in [7, 11) is 3.14. The minimum absolute atomic E-state index is 0.0933. The lowest BCUT2D eigenvalue weighted by molar-refractivity contribution is -0.130. The van der Waals surface area contributed by atoms with Gasteiger partial charge in [-0.3, -0.25) is 14.4 Å². The Kier molecular flexibility index (Phi) is 7.62. The van der Waals surface area contributed by atoms with Crippen molar-refractivity contribution in [2.24, 2.45) is 0 Å². The Morgan fingerprint density at radius 2 is 1.89 bits per heavy atom. The molecule has 0 radical (unpaired) electrons. The highest BCUT2D eigenvalue weighted by Gasteiger charge is 2.39. The first kappa shape index (κ1) is 24.6. The molecule has 0 aliphatic carbocycles. The van der Waals surface area contributed by atoms with E-state index < -0.39 is 11.9 Å². The first-order chi connectivity index (χ1) is 16.8. The molecule has 1 fully saturated rings. The van der Waals surface area contributed by atoms with E-state index in [1.165, 1.54) is 25.3 Å². The second-order valence-electron chi connectivity index (χ2n) is 8.62. The van der Waals surface area contributed by atoms with Crippen molar-refractivity contribution < 1.29 is 33.0 Å². The van der Waals surface area contributed by atoms with Gasteiger partial charge >= 0.3 is 0 Å². The number of hydrogen-bond donors (Lipinski definition) is 2. The highest BCUT2D eigenvalue weighted by atomic mass is 19.1. The first-order valence-electron chi connectivity index (χ1n) is 11.4. The molecule has 0 aromatic heterocycles. The van der Waals surface area contributed by atoms with Crippen LogP contribution < -0.4 is 15.4 Å². The Bertz CT molecular complexity index is 1110. The van der Waals surface area contributed by atoms with E-state index in [0.717, 1.165) is 0 Å².